The molecule has 1 radical (unpaired) electrons. The molecule has 0 aliphatic rings. The second kappa shape index (κ2) is 14.3. The molecule has 0 unspecified atom stereocenters. The first-order valence-electron chi connectivity index (χ1n) is 12.9. The third-order valence-electron chi connectivity index (χ3n) is 6.49. The van der Waals surface area contributed by atoms with Gasteiger partial charge in [-0.15, -0.1) is 11.4 Å². The maximum Gasteiger partial charge on any atom is 3.00 e. The molecule has 4 rings (SSSR count). The Morgan fingerprint density at radius 3 is 1.06 bits per heavy atom. The minimum atomic E-state index is -6.54. The van der Waals surface area contributed by atoms with Crippen LogP contribution >= 0.6 is 0 Å². The number of halogens is 12. The first-order valence-corrected chi connectivity index (χ1v) is 12.9. The van der Waals surface area contributed by atoms with Crippen LogP contribution in [0.25, 0.3) is 16.7 Å². The van der Waals surface area contributed by atoms with Crippen LogP contribution in [0.1, 0.15) is 22.3 Å². The number of hydrogen-bond acceptors (Lipinski definition) is 4. The van der Waals surface area contributed by atoms with Crippen molar-refractivity contribution >= 4 is 11.4 Å². The van der Waals surface area contributed by atoms with E-state index in [2.05, 4.69) is 15.3 Å². The molecule has 0 fully saturated rings. The van der Waals surface area contributed by atoms with E-state index in [1.165, 1.54) is 0 Å². The summed E-state index contributed by atoms with van der Waals surface area (Å²) >= 11 is 0. The van der Waals surface area contributed by atoms with Crippen molar-refractivity contribution in [3.8, 4) is 11.4 Å². The number of hydrogen-bond donors (Lipinski definition) is 0. The van der Waals surface area contributed by atoms with Crippen molar-refractivity contribution in [3.05, 3.63) is 113 Å². The number of alkyl halides is 12. The zero-order valence-corrected chi connectivity index (χ0v) is 25.2. The molecule has 5 nitrogen and oxygen atoms in total. The Balaban J connectivity index is 0.000000511. The summed E-state index contributed by atoms with van der Waals surface area (Å²) in [6, 6.07) is 14.2. The number of nitrogens with zero attached hydrogens (tertiary/aromatic N) is 3. The Kier molecular flexibility index (Phi) is 12.0. The van der Waals surface area contributed by atoms with E-state index in [9.17, 15) is 62.9 Å². The van der Waals surface area contributed by atoms with Crippen molar-refractivity contribution in [1.82, 2.24) is 9.97 Å². The van der Waals surface area contributed by atoms with Crippen molar-refractivity contribution in [3.63, 3.8) is 0 Å². The van der Waals surface area contributed by atoms with Gasteiger partial charge in [0.2, 0.25) is 0 Å². The number of pyridine rings is 2. The SMILES string of the molecule is Cc1ccc([N-]c2ccc(C)cc2C([O-])(C(F)(F)F)C(F)(F)F)c(C([O-])(C(F)(F)F)C(F)(F)F)c1.[Fe+3].c1ccc(-c2ccccn2)nc1. The molecular formula is C30H20F12FeN3O2. The third kappa shape index (κ3) is 8.05. The van der Waals surface area contributed by atoms with Crippen molar-refractivity contribution in [2.75, 3.05) is 0 Å². The van der Waals surface area contributed by atoms with Gasteiger partial charge in [0.25, 0.3) is 0 Å². The second-order valence-corrected chi connectivity index (χ2v) is 9.94. The molecule has 2 aromatic carbocycles. The molecule has 18 heteroatoms. The molecule has 259 valence electrons. The summed E-state index contributed by atoms with van der Waals surface area (Å²) in [6.45, 7) is 1.96. The predicted molar refractivity (Wildman–Crippen MR) is 140 cm³/mol. The minimum absolute atomic E-state index is 0. The fourth-order valence-electron chi connectivity index (χ4n) is 4.15. The van der Waals surface area contributed by atoms with Crippen LogP contribution in [0, 0.1) is 13.8 Å². The summed E-state index contributed by atoms with van der Waals surface area (Å²) in [5.74, 6) is 0. The van der Waals surface area contributed by atoms with Crippen molar-refractivity contribution in [1.29, 1.82) is 0 Å². The van der Waals surface area contributed by atoms with Gasteiger partial charge in [0.1, 0.15) is 11.2 Å². The van der Waals surface area contributed by atoms with Gasteiger partial charge in [-0.3, -0.25) is 9.97 Å². The molecule has 0 bridgehead atoms. The first-order chi connectivity index (χ1) is 21.4. The van der Waals surface area contributed by atoms with Crippen LogP contribution in [0.3, 0.4) is 0 Å². The molecule has 2 heterocycles. The van der Waals surface area contributed by atoms with E-state index in [0.29, 0.717) is 12.1 Å². The van der Waals surface area contributed by atoms with Crippen molar-refractivity contribution in [2.45, 2.75) is 49.8 Å². The van der Waals surface area contributed by atoms with Gasteiger partial charge in [0, 0.05) is 12.4 Å². The average molecular weight is 738 g/mol. The van der Waals surface area contributed by atoms with Gasteiger partial charge in [-0.25, -0.2) is 0 Å². The van der Waals surface area contributed by atoms with Gasteiger partial charge < -0.3 is 15.5 Å². The van der Waals surface area contributed by atoms with Crippen LogP contribution < -0.4 is 10.2 Å². The summed E-state index contributed by atoms with van der Waals surface area (Å²) in [7, 11) is 0. The summed E-state index contributed by atoms with van der Waals surface area (Å²) in [4.78, 5) is 8.37. The molecular weight excluding hydrogens is 718 g/mol. The van der Waals surface area contributed by atoms with Crippen LogP contribution in [0.5, 0.6) is 0 Å². The Morgan fingerprint density at radius 2 is 0.812 bits per heavy atom. The molecule has 0 atom stereocenters. The van der Waals surface area contributed by atoms with E-state index < -0.39 is 58.4 Å². The molecule has 4 aromatic rings. The summed E-state index contributed by atoms with van der Waals surface area (Å²) in [6.07, 6.45) is -22.6. The first kappa shape index (κ1) is 40.3. The van der Waals surface area contributed by atoms with Crippen molar-refractivity contribution in [2.24, 2.45) is 0 Å². The molecule has 0 aliphatic carbocycles. The third-order valence-corrected chi connectivity index (χ3v) is 6.49. The quantitative estimate of drug-likeness (QED) is 0.153. The number of aromatic nitrogens is 2. The smallest absolute Gasteiger partial charge is 0.833 e. The topological polar surface area (TPSA) is 86.0 Å². The summed E-state index contributed by atoms with van der Waals surface area (Å²) in [5, 5.41) is 27.6. The number of rotatable bonds is 5. The Hall–Kier alpha value is -3.86. The fourth-order valence-corrected chi connectivity index (χ4v) is 4.15. The van der Waals surface area contributed by atoms with Crippen LogP contribution in [-0.2, 0) is 28.3 Å². The number of benzene rings is 2. The number of aryl methyl sites for hydroxylation is 2. The van der Waals surface area contributed by atoms with E-state index in [0.717, 1.165) is 37.4 Å². The van der Waals surface area contributed by atoms with Gasteiger partial charge in [-0.05, 0) is 38.1 Å². The van der Waals surface area contributed by atoms with Crippen LogP contribution in [0.2, 0.25) is 0 Å². The van der Waals surface area contributed by atoms with E-state index in [4.69, 9.17) is 0 Å². The predicted octanol–water partition coefficient (Wildman–Crippen LogP) is 8.14. The molecule has 2 aromatic heterocycles. The molecule has 0 saturated heterocycles. The minimum Gasteiger partial charge on any atom is -0.833 e. The van der Waals surface area contributed by atoms with Gasteiger partial charge >= 0.3 is 41.8 Å². The van der Waals surface area contributed by atoms with Crippen LogP contribution in [0.15, 0.2) is 85.2 Å². The molecule has 48 heavy (non-hydrogen) atoms. The maximum atomic E-state index is 13.3. The van der Waals surface area contributed by atoms with Crippen LogP contribution in [-0.4, -0.2) is 34.7 Å². The largest absolute Gasteiger partial charge is 3.00 e. The Bertz CT molecular complexity index is 1510. The fraction of sp³-hybridized carbons (Fsp3) is 0.267. The van der Waals surface area contributed by atoms with Gasteiger partial charge in [-0.1, -0.05) is 70.8 Å². The molecule has 0 N–H and O–H groups in total. The zero-order chi connectivity index (χ0) is 35.6. The average Bonchev–Trinajstić information content (AvgIpc) is 2.97. The van der Waals surface area contributed by atoms with Gasteiger partial charge in [0.05, 0.1) is 11.4 Å². The van der Waals surface area contributed by atoms with Crippen LogP contribution in [0.4, 0.5) is 64.1 Å². The summed E-state index contributed by atoms with van der Waals surface area (Å²) in [5.41, 5.74) is -17.8. The van der Waals surface area contributed by atoms with Crippen molar-refractivity contribution < 1.29 is 80.0 Å². The van der Waals surface area contributed by atoms with Gasteiger partial charge in [0.15, 0.2) is 0 Å². The standard InChI is InChI=1S/C20H12F12NO2.C10H8N2.Fe/c1-9-3-5-13(11(7-9)15(34,17(21,22)23)18(24,25)26)33-14-6-4-10(2)8-12(14)16(35,19(27,28)29)20(30,31)32;1-3-7-11-9(5-1)10-6-2-4-8-12-10;/h3-8H,1-2H3;1-8H;/q-3;;+3. The zero-order valence-electron chi connectivity index (χ0n) is 24.1. The van der Waals surface area contributed by atoms with E-state index >= 15 is 0 Å². The maximum absolute atomic E-state index is 13.3. The second-order valence-electron chi connectivity index (χ2n) is 9.94. The van der Waals surface area contributed by atoms with E-state index in [1.54, 1.807) is 12.4 Å². The Morgan fingerprint density at radius 1 is 0.500 bits per heavy atom. The molecule has 0 spiro atoms. The monoisotopic (exact) mass is 738 g/mol. The molecule has 0 amide bonds. The Labute approximate surface area is 275 Å². The molecule has 0 saturated carbocycles. The molecule has 0 aliphatic heterocycles. The summed E-state index contributed by atoms with van der Waals surface area (Å²) < 4.78 is 160. The van der Waals surface area contributed by atoms with E-state index in [-0.39, 0.29) is 40.3 Å². The van der Waals surface area contributed by atoms with Gasteiger partial charge in [-0.2, -0.15) is 52.7 Å². The normalized spacial score (nSPS) is 12.8. The van der Waals surface area contributed by atoms with E-state index in [1.807, 2.05) is 36.4 Å².